The van der Waals surface area contributed by atoms with E-state index in [4.69, 9.17) is 5.73 Å². The smallest absolute Gasteiger partial charge is 0.243 e. The Bertz CT molecular complexity index is 500. The van der Waals surface area contributed by atoms with Crippen molar-refractivity contribution in [2.45, 2.75) is 36.4 Å². The van der Waals surface area contributed by atoms with Crippen LogP contribution in [0.25, 0.3) is 0 Å². The fourth-order valence-corrected chi connectivity index (χ4v) is 2.72. The van der Waals surface area contributed by atoms with Gasteiger partial charge in [0.25, 0.3) is 0 Å². The zero-order valence-electron chi connectivity index (χ0n) is 11.8. The second-order valence-corrected chi connectivity index (χ2v) is 6.15. The Morgan fingerprint density at radius 2 is 2.24 bits per heavy atom. The van der Waals surface area contributed by atoms with Crippen LogP contribution in [-0.4, -0.2) is 50.9 Å². The number of amides is 1. The van der Waals surface area contributed by atoms with E-state index in [2.05, 4.69) is 17.6 Å². The van der Waals surface area contributed by atoms with Crippen LogP contribution in [0.2, 0.25) is 0 Å². The molecule has 1 aliphatic rings. The van der Waals surface area contributed by atoms with E-state index in [-0.39, 0.29) is 6.54 Å². The van der Waals surface area contributed by atoms with Crippen molar-refractivity contribution in [1.82, 2.24) is 9.88 Å². The number of pyridine rings is 1. The number of thiol groups is 1. The van der Waals surface area contributed by atoms with Crippen molar-refractivity contribution in [3.8, 4) is 0 Å². The molecule has 1 amide bonds. The summed E-state index contributed by atoms with van der Waals surface area (Å²) in [4.78, 5) is 17.7. The molecule has 0 bridgehead atoms. The van der Waals surface area contributed by atoms with Crippen LogP contribution in [0.5, 0.6) is 0 Å². The van der Waals surface area contributed by atoms with Crippen LogP contribution in [0.3, 0.4) is 0 Å². The highest BCUT2D eigenvalue weighted by molar-refractivity contribution is 7.81. The molecule has 7 heteroatoms. The lowest BCUT2D eigenvalue weighted by Gasteiger charge is -2.35. The van der Waals surface area contributed by atoms with Gasteiger partial charge in [0, 0.05) is 18.9 Å². The van der Waals surface area contributed by atoms with Gasteiger partial charge in [-0.15, -0.1) is 0 Å². The minimum Gasteiger partial charge on any atom is -0.387 e. The van der Waals surface area contributed by atoms with E-state index in [0.29, 0.717) is 18.5 Å². The second kappa shape index (κ2) is 6.29. The highest BCUT2D eigenvalue weighted by Crippen LogP contribution is 2.30. The molecule has 1 aliphatic heterocycles. The van der Waals surface area contributed by atoms with Gasteiger partial charge in [-0.05, 0) is 31.0 Å². The fraction of sp³-hybridized carbons (Fsp3) is 0.571. The molecule has 0 aliphatic carbocycles. The molecule has 21 heavy (non-hydrogen) atoms. The number of nitrogens with two attached hydrogens (primary N) is 1. The summed E-state index contributed by atoms with van der Waals surface area (Å²) in [6.07, 6.45) is 1.39. The Morgan fingerprint density at radius 1 is 1.62 bits per heavy atom. The van der Waals surface area contributed by atoms with E-state index < -0.39 is 29.0 Å². The van der Waals surface area contributed by atoms with Crippen LogP contribution in [0.1, 0.15) is 25.0 Å². The van der Waals surface area contributed by atoms with Crippen molar-refractivity contribution in [3.05, 3.63) is 30.1 Å². The van der Waals surface area contributed by atoms with Crippen molar-refractivity contribution in [1.29, 1.82) is 0 Å². The lowest BCUT2D eigenvalue weighted by atomic mass is 9.90. The number of halogens is 1. The molecule has 4 atom stereocenters. The standard InChI is InChI=1S/C14H20FN3O2S/c1-14(16,13(20)18-7-4-10(15)8-18)12(21)11(19)9-2-5-17-6-3-9/h2-3,5-6,10-12,19,21H,4,7-8,16H2,1H3/t10-,11-,12?,14-/m1/s1. The Balaban J connectivity index is 2.12. The van der Waals surface area contributed by atoms with Gasteiger partial charge in [0.1, 0.15) is 11.7 Å². The van der Waals surface area contributed by atoms with E-state index >= 15 is 0 Å². The molecule has 0 saturated carbocycles. The van der Waals surface area contributed by atoms with Gasteiger partial charge < -0.3 is 15.7 Å². The molecular formula is C14H20FN3O2S. The van der Waals surface area contributed by atoms with Crippen molar-refractivity contribution in [3.63, 3.8) is 0 Å². The second-order valence-electron chi connectivity index (χ2n) is 5.59. The van der Waals surface area contributed by atoms with Crippen molar-refractivity contribution in [2.75, 3.05) is 13.1 Å². The minimum atomic E-state index is -1.39. The molecule has 0 spiro atoms. The average Bonchev–Trinajstić information content (AvgIpc) is 2.92. The zero-order chi connectivity index (χ0) is 15.6. The van der Waals surface area contributed by atoms with Crippen LogP contribution < -0.4 is 5.73 Å². The molecular weight excluding hydrogens is 293 g/mol. The Kier molecular flexibility index (Phi) is 4.85. The number of hydrogen-bond donors (Lipinski definition) is 3. The third-order valence-electron chi connectivity index (χ3n) is 3.84. The maximum absolute atomic E-state index is 13.2. The van der Waals surface area contributed by atoms with E-state index in [1.807, 2.05) is 0 Å². The molecule has 1 unspecified atom stereocenters. The van der Waals surface area contributed by atoms with Gasteiger partial charge >= 0.3 is 0 Å². The van der Waals surface area contributed by atoms with Gasteiger partial charge in [-0.3, -0.25) is 9.78 Å². The first-order valence-electron chi connectivity index (χ1n) is 6.82. The number of rotatable bonds is 4. The zero-order valence-corrected chi connectivity index (χ0v) is 12.7. The predicted octanol–water partition coefficient (Wildman–Crippen LogP) is 0.701. The summed E-state index contributed by atoms with van der Waals surface area (Å²) in [5, 5.41) is 9.53. The molecule has 2 heterocycles. The lowest BCUT2D eigenvalue weighted by Crippen LogP contribution is -2.59. The largest absolute Gasteiger partial charge is 0.387 e. The summed E-state index contributed by atoms with van der Waals surface area (Å²) in [6, 6.07) is 3.28. The molecule has 0 radical (unpaired) electrons. The van der Waals surface area contributed by atoms with Crippen LogP contribution >= 0.6 is 12.6 Å². The first kappa shape index (κ1) is 16.2. The van der Waals surface area contributed by atoms with Gasteiger partial charge in [0.15, 0.2) is 0 Å². The minimum absolute atomic E-state index is 0.0530. The average molecular weight is 313 g/mol. The molecule has 1 aromatic rings. The fourth-order valence-electron chi connectivity index (χ4n) is 2.44. The van der Waals surface area contributed by atoms with E-state index in [0.717, 1.165) is 0 Å². The predicted molar refractivity (Wildman–Crippen MR) is 80.7 cm³/mol. The molecule has 116 valence electrons. The normalized spacial score (nSPS) is 24.4. The molecule has 1 fully saturated rings. The van der Waals surface area contributed by atoms with Crippen LogP contribution in [-0.2, 0) is 4.79 Å². The number of likely N-dealkylation sites (tertiary alicyclic amines) is 1. The van der Waals surface area contributed by atoms with E-state index in [9.17, 15) is 14.3 Å². The molecule has 3 N–H and O–H groups in total. The molecule has 1 saturated heterocycles. The molecule has 1 aromatic heterocycles. The molecule has 2 rings (SSSR count). The summed E-state index contributed by atoms with van der Waals surface area (Å²) in [5.41, 5.74) is 5.29. The number of nitrogens with zero attached hydrogens (tertiary/aromatic N) is 2. The van der Waals surface area contributed by atoms with Gasteiger partial charge in [0.05, 0.1) is 17.9 Å². The number of carbonyl (C=O) groups is 1. The van der Waals surface area contributed by atoms with Crippen LogP contribution in [0.4, 0.5) is 4.39 Å². The van der Waals surface area contributed by atoms with Crippen molar-refractivity contribution < 1.29 is 14.3 Å². The SMILES string of the molecule is C[C@](N)(C(=O)N1CC[C@@H](F)C1)C(S)[C@H](O)c1ccncc1. The van der Waals surface area contributed by atoms with Crippen LogP contribution in [0, 0.1) is 0 Å². The highest BCUT2D eigenvalue weighted by atomic mass is 32.1. The first-order valence-corrected chi connectivity index (χ1v) is 7.34. The monoisotopic (exact) mass is 313 g/mol. The van der Waals surface area contributed by atoms with Crippen molar-refractivity contribution in [2.24, 2.45) is 5.73 Å². The topological polar surface area (TPSA) is 79.5 Å². The molecule has 5 nitrogen and oxygen atoms in total. The van der Waals surface area contributed by atoms with Gasteiger partial charge in [-0.25, -0.2) is 4.39 Å². The number of aliphatic hydroxyl groups excluding tert-OH is 1. The number of aliphatic hydroxyl groups is 1. The molecule has 0 aromatic carbocycles. The summed E-state index contributed by atoms with van der Waals surface area (Å²) in [7, 11) is 0. The van der Waals surface area contributed by atoms with Gasteiger partial charge in [0.2, 0.25) is 5.91 Å². The lowest BCUT2D eigenvalue weighted by molar-refractivity contribution is -0.136. The quantitative estimate of drug-likeness (QED) is 0.715. The number of aromatic nitrogens is 1. The maximum atomic E-state index is 13.2. The van der Waals surface area contributed by atoms with Crippen molar-refractivity contribution >= 4 is 18.5 Å². The van der Waals surface area contributed by atoms with Crippen LogP contribution in [0.15, 0.2) is 24.5 Å². The van der Waals surface area contributed by atoms with E-state index in [1.54, 1.807) is 24.5 Å². The third-order valence-corrected chi connectivity index (χ3v) is 4.66. The number of carbonyl (C=O) groups excluding carboxylic acids is 1. The van der Waals surface area contributed by atoms with E-state index in [1.165, 1.54) is 11.8 Å². The Morgan fingerprint density at radius 3 is 2.76 bits per heavy atom. The van der Waals surface area contributed by atoms with Gasteiger partial charge in [-0.1, -0.05) is 0 Å². The first-order chi connectivity index (χ1) is 9.84. The third kappa shape index (κ3) is 3.36. The van der Waals surface area contributed by atoms with Gasteiger partial charge in [-0.2, -0.15) is 12.6 Å². The summed E-state index contributed by atoms with van der Waals surface area (Å²) >= 11 is 4.33. The Hall–Kier alpha value is -1.18. The maximum Gasteiger partial charge on any atom is 0.243 e. The Labute approximate surface area is 128 Å². The highest BCUT2D eigenvalue weighted by Gasteiger charge is 2.44. The summed E-state index contributed by atoms with van der Waals surface area (Å²) in [6.45, 7) is 1.92. The number of hydrogen-bond acceptors (Lipinski definition) is 5. The number of alkyl halides is 1. The summed E-state index contributed by atoms with van der Waals surface area (Å²) < 4.78 is 13.2. The summed E-state index contributed by atoms with van der Waals surface area (Å²) in [5.74, 6) is -0.393.